The first-order valence-electron chi connectivity index (χ1n) is 10.8. The van der Waals surface area contributed by atoms with E-state index in [0.29, 0.717) is 40.1 Å². The van der Waals surface area contributed by atoms with E-state index < -0.39 is 0 Å². The van der Waals surface area contributed by atoms with Gasteiger partial charge in [0.1, 0.15) is 4.83 Å². The molecule has 7 nitrogen and oxygen atoms in total. The van der Waals surface area contributed by atoms with Gasteiger partial charge >= 0.3 is 0 Å². The van der Waals surface area contributed by atoms with E-state index in [0.717, 1.165) is 19.5 Å². The number of nitrogens with zero attached hydrogens (tertiary/aromatic N) is 2. The highest BCUT2D eigenvalue weighted by Crippen LogP contribution is 2.33. The van der Waals surface area contributed by atoms with Crippen molar-refractivity contribution in [2.24, 2.45) is 0 Å². The highest BCUT2D eigenvalue weighted by Gasteiger charge is 2.32. The lowest BCUT2D eigenvalue weighted by Crippen LogP contribution is -2.51. The summed E-state index contributed by atoms with van der Waals surface area (Å²) in [5.41, 5.74) is 9.48. The Hall–Kier alpha value is -2.84. The number of carbonyl (C=O) groups excluding carboxylic acids is 2. The number of hydrogen-bond donors (Lipinski definition) is 3. The van der Waals surface area contributed by atoms with Crippen LogP contribution in [-0.4, -0.2) is 48.1 Å². The Morgan fingerprint density at radius 3 is 2.58 bits per heavy atom. The zero-order chi connectivity index (χ0) is 21.5. The third-order valence-electron chi connectivity index (χ3n) is 6.35. The Kier molecular flexibility index (Phi) is 5.19. The van der Waals surface area contributed by atoms with Gasteiger partial charge in [-0.3, -0.25) is 14.2 Å². The third kappa shape index (κ3) is 3.81. The average Bonchev–Trinajstić information content (AvgIpc) is 3.43. The van der Waals surface area contributed by atoms with Crippen LogP contribution in [0.4, 0.5) is 11.4 Å². The number of benzene rings is 1. The molecule has 0 aliphatic carbocycles. The van der Waals surface area contributed by atoms with Gasteiger partial charge in [0.2, 0.25) is 5.91 Å². The van der Waals surface area contributed by atoms with Crippen molar-refractivity contribution >= 4 is 44.7 Å². The second-order valence-electron chi connectivity index (χ2n) is 8.52. The molecule has 8 heteroatoms. The number of amides is 1. The lowest BCUT2D eigenvalue weighted by atomic mass is 10.1. The summed E-state index contributed by atoms with van der Waals surface area (Å²) in [6.07, 6.45) is 4.88. The fourth-order valence-electron chi connectivity index (χ4n) is 4.76. The number of rotatable bonds is 5. The summed E-state index contributed by atoms with van der Waals surface area (Å²) < 4.78 is 1.49. The maximum atomic E-state index is 12.8. The summed E-state index contributed by atoms with van der Waals surface area (Å²) in [6.45, 7) is 4.15. The first-order chi connectivity index (χ1) is 15.0. The molecule has 1 aromatic carbocycles. The number of piperazine rings is 1. The molecule has 2 aromatic heterocycles. The summed E-state index contributed by atoms with van der Waals surface area (Å²) in [6, 6.07) is 9.90. The molecule has 0 spiro atoms. The Labute approximate surface area is 185 Å². The van der Waals surface area contributed by atoms with E-state index in [-0.39, 0.29) is 11.8 Å². The van der Waals surface area contributed by atoms with E-state index in [4.69, 9.17) is 5.73 Å². The van der Waals surface area contributed by atoms with Gasteiger partial charge in [0.05, 0.1) is 11.3 Å². The molecule has 4 heterocycles. The number of hydrogen-bond acceptors (Lipinski definition) is 6. The first kappa shape index (κ1) is 20.1. The van der Waals surface area contributed by atoms with Gasteiger partial charge in [0, 0.05) is 61.3 Å². The van der Waals surface area contributed by atoms with E-state index in [2.05, 4.69) is 39.8 Å². The molecule has 4 N–H and O–H groups in total. The number of carbonyl (C=O) groups is 2. The molecule has 2 atom stereocenters. The largest absolute Gasteiger partial charge is 0.397 e. The first-order valence-corrected chi connectivity index (χ1v) is 11.6. The lowest BCUT2D eigenvalue weighted by Gasteiger charge is -2.34. The monoisotopic (exact) mass is 437 g/mol. The second kappa shape index (κ2) is 8.01. The summed E-state index contributed by atoms with van der Waals surface area (Å²) in [7, 11) is 0. The zero-order valence-corrected chi connectivity index (χ0v) is 18.4. The van der Waals surface area contributed by atoms with Crippen LogP contribution in [0, 0.1) is 0 Å². The molecular formula is C23H27N5O2S. The van der Waals surface area contributed by atoms with Gasteiger partial charge in [-0.05, 0) is 37.0 Å². The smallest absolute Gasteiger partial charge is 0.253 e. The highest BCUT2D eigenvalue weighted by molar-refractivity contribution is 7.17. The summed E-state index contributed by atoms with van der Waals surface area (Å²) in [5.74, 6) is -0.341. The van der Waals surface area contributed by atoms with Crippen molar-refractivity contribution in [1.29, 1.82) is 0 Å². The Morgan fingerprint density at radius 2 is 1.90 bits per heavy atom. The van der Waals surface area contributed by atoms with E-state index in [1.165, 1.54) is 46.9 Å². The number of nitrogens with one attached hydrogen (secondary N) is 2. The maximum Gasteiger partial charge on any atom is 0.253 e. The number of anilines is 2. The van der Waals surface area contributed by atoms with Crippen LogP contribution in [0.15, 0.2) is 35.8 Å². The van der Waals surface area contributed by atoms with Crippen LogP contribution in [0.5, 0.6) is 0 Å². The topological polar surface area (TPSA) is 92.4 Å². The predicted octanol–water partition coefficient (Wildman–Crippen LogP) is 2.86. The van der Waals surface area contributed by atoms with Crippen LogP contribution >= 0.6 is 11.3 Å². The molecule has 2 saturated heterocycles. The molecular weight excluding hydrogens is 410 g/mol. The number of thiophene rings is 1. The summed E-state index contributed by atoms with van der Waals surface area (Å²) in [5, 5.41) is 9.07. The van der Waals surface area contributed by atoms with Gasteiger partial charge in [-0.2, -0.15) is 0 Å². The van der Waals surface area contributed by atoms with Crippen molar-refractivity contribution in [2.45, 2.75) is 38.3 Å². The Morgan fingerprint density at radius 1 is 1.19 bits per heavy atom. The molecule has 2 aliphatic rings. The van der Waals surface area contributed by atoms with Gasteiger partial charge in [-0.1, -0.05) is 12.1 Å². The second-order valence-corrected chi connectivity index (χ2v) is 9.38. The highest BCUT2D eigenvalue weighted by atomic mass is 32.1. The van der Waals surface area contributed by atoms with E-state index in [9.17, 15) is 9.59 Å². The molecule has 162 valence electrons. The molecule has 31 heavy (non-hydrogen) atoms. The minimum absolute atomic E-state index is 0.136. The van der Waals surface area contributed by atoms with Crippen molar-refractivity contribution < 1.29 is 9.59 Å². The van der Waals surface area contributed by atoms with E-state index in [1.54, 1.807) is 11.6 Å². The number of nitrogens with two attached hydrogens (primary N) is 1. The molecule has 0 radical (unpaired) electrons. The van der Waals surface area contributed by atoms with Crippen LogP contribution in [0.3, 0.4) is 0 Å². The standard InChI is InChI=1S/C23H27N5O2S/c1-14(29)28-12-19(21-20(24)13-31-23(21)28)22(30)25-9-8-15-2-6-18(7-3-15)27-10-16-4-5-17(11-27)26-16/h2-3,6-7,12-13,16-17,26H,4-5,8-11,24H2,1H3,(H,25,30). The van der Waals surface area contributed by atoms with Crippen LogP contribution in [0.2, 0.25) is 0 Å². The normalized spacial score (nSPS) is 20.4. The third-order valence-corrected chi connectivity index (χ3v) is 7.34. The fraction of sp³-hybridized carbons (Fsp3) is 0.391. The van der Waals surface area contributed by atoms with Crippen LogP contribution in [-0.2, 0) is 6.42 Å². The van der Waals surface area contributed by atoms with Gasteiger partial charge in [-0.25, -0.2) is 0 Å². The molecule has 2 bridgehead atoms. The molecule has 2 aliphatic heterocycles. The molecule has 0 saturated carbocycles. The molecule has 2 fully saturated rings. The summed E-state index contributed by atoms with van der Waals surface area (Å²) in [4.78, 5) is 27.8. The van der Waals surface area contributed by atoms with Crippen LogP contribution in [0.25, 0.3) is 10.2 Å². The van der Waals surface area contributed by atoms with Gasteiger partial charge in [0.15, 0.2) is 0 Å². The number of fused-ring (bicyclic) bond motifs is 3. The van der Waals surface area contributed by atoms with Crippen molar-refractivity contribution in [3.05, 3.63) is 47.0 Å². The van der Waals surface area contributed by atoms with Crippen molar-refractivity contribution in [3.8, 4) is 0 Å². The van der Waals surface area contributed by atoms with Crippen LogP contribution < -0.4 is 21.3 Å². The van der Waals surface area contributed by atoms with Gasteiger partial charge in [-0.15, -0.1) is 11.3 Å². The van der Waals surface area contributed by atoms with Crippen molar-refractivity contribution in [3.63, 3.8) is 0 Å². The predicted molar refractivity (Wildman–Crippen MR) is 125 cm³/mol. The minimum atomic E-state index is -0.206. The van der Waals surface area contributed by atoms with Gasteiger partial charge < -0.3 is 21.3 Å². The molecule has 5 rings (SSSR count). The quantitative estimate of drug-likeness (QED) is 0.571. The minimum Gasteiger partial charge on any atom is -0.397 e. The average molecular weight is 438 g/mol. The molecule has 2 unspecified atom stereocenters. The SMILES string of the molecule is CC(=O)n1cc(C(=O)NCCc2ccc(N3CC4CCC(C3)N4)cc2)c2c(N)csc21. The summed E-state index contributed by atoms with van der Waals surface area (Å²) >= 11 is 1.37. The van der Waals surface area contributed by atoms with Gasteiger partial charge in [0.25, 0.3) is 5.91 Å². The Bertz CT molecular complexity index is 1120. The lowest BCUT2D eigenvalue weighted by molar-refractivity contribution is 0.0942. The maximum absolute atomic E-state index is 12.8. The van der Waals surface area contributed by atoms with Crippen LogP contribution in [0.1, 0.15) is 40.5 Å². The van der Waals surface area contributed by atoms with E-state index in [1.807, 2.05) is 0 Å². The zero-order valence-electron chi connectivity index (χ0n) is 17.6. The number of nitrogen functional groups attached to an aromatic ring is 1. The van der Waals surface area contributed by atoms with E-state index >= 15 is 0 Å². The van der Waals surface area contributed by atoms with Crippen molar-refractivity contribution in [1.82, 2.24) is 15.2 Å². The molecule has 3 aromatic rings. The number of aromatic nitrogens is 1. The molecule has 1 amide bonds. The Balaban J connectivity index is 1.20. The van der Waals surface area contributed by atoms with Crippen molar-refractivity contribution in [2.75, 3.05) is 30.3 Å². The fourth-order valence-corrected chi connectivity index (χ4v) is 5.76.